The fourth-order valence-electron chi connectivity index (χ4n) is 3.62. The van der Waals surface area contributed by atoms with Crippen LogP contribution in [0.25, 0.3) is 16.5 Å². The minimum Gasteiger partial charge on any atom is -0.435 e. The highest BCUT2D eigenvalue weighted by atomic mass is 19.3. The summed E-state index contributed by atoms with van der Waals surface area (Å²) in [4.78, 5) is 14.6. The number of carbonyl (C=O) groups excluding carboxylic acids is 1. The second-order valence-corrected chi connectivity index (χ2v) is 7.42. The van der Waals surface area contributed by atoms with Crippen LogP contribution < -0.4 is 4.74 Å². The monoisotopic (exact) mass is 436 g/mol. The molecule has 0 saturated heterocycles. The second kappa shape index (κ2) is 9.13. The lowest BCUT2D eigenvalue weighted by Gasteiger charge is -2.17. The maximum Gasteiger partial charge on any atom is 0.387 e. The number of alkyl halides is 2. The molecule has 0 aliphatic rings. The molecule has 1 aromatic heterocycles. The van der Waals surface area contributed by atoms with E-state index in [2.05, 4.69) is 39.3 Å². The van der Waals surface area contributed by atoms with Gasteiger partial charge in [0.05, 0.1) is 11.4 Å². The smallest absolute Gasteiger partial charge is 0.387 e. The molecule has 0 radical (unpaired) electrons. The lowest BCUT2D eigenvalue weighted by molar-refractivity contribution is -0.0498. The standard InChI is InChI=1S/C24H22F2N4O2/c1-16-22(27-28-30(16)19-10-12-20(13-11-19)32-24(25)26)23(31)29(2)15-14-18-8-5-7-17-6-3-4-9-21(17)18/h3-13,24H,14-15H2,1-2H3. The van der Waals surface area contributed by atoms with E-state index in [1.807, 2.05) is 18.2 Å². The number of benzene rings is 3. The topological polar surface area (TPSA) is 60.2 Å². The van der Waals surface area contributed by atoms with Crippen LogP contribution >= 0.6 is 0 Å². The SMILES string of the molecule is Cc1c(C(=O)N(C)CCc2cccc3ccccc23)nnn1-c1ccc(OC(F)F)cc1. The number of amides is 1. The normalized spacial score (nSPS) is 11.2. The van der Waals surface area contributed by atoms with Gasteiger partial charge in [0.1, 0.15) is 5.75 Å². The molecule has 8 heteroatoms. The Hall–Kier alpha value is -3.81. The minimum absolute atomic E-state index is 0.0472. The molecule has 32 heavy (non-hydrogen) atoms. The van der Waals surface area contributed by atoms with Gasteiger partial charge in [-0.1, -0.05) is 47.7 Å². The molecular formula is C24H22F2N4O2. The number of rotatable bonds is 7. The molecule has 0 saturated carbocycles. The van der Waals surface area contributed by atoms with Crippen LogP contribution in [0.4, 0.5) is 8.78 Å². The first-order valence-electron chi connectivity index (χ1n) is 10.1. The number of ether oxygens (including phenoxy) is 1. The third-order valence-electron chi connectivity index (χ3n) is 5.35. The van der Waals surface area contributed by atoms with Gasteiger partial charge in [0.25, 0.3) is 5.91 Å². The Morgan fingerprint density at radius 3 is 2.53 bits per heavy atom. The van der Waals surface area contributed by atoms with Gasteiger partial charge in [-0.05, 0) is 53.9 Å². The lowest BCUT2D eigenvalue weighted by Crippen LogP contribution is -2.29. The maximum atomic E-state index is 13.0. The third kappa shape index (κ3) is 4.44. The number of likely N-dealkylation sites (N-methyl/N-ethyl adjacent to an activating group) is 1. The molecule has 0 bridgehead atoms. The average Bonchev–Trinajstić information content (AvgIpc) is 3.18. The Morgan fingerprint density at radius 2 is 1.78 bits per heavy atom. The Labute approximate surface area is 184 Å². The number of aromatic nitrogens is 3. The molecule has 0 N–H and O–H groups in total. The van der Waals surface area contributed by atoms with Crippen molar-refractivity contribution in [3.63, 3.8) is 0 Å². The molecule has 0 spiro atoms. The number of fused-ring (bicyclic) bond motifs is 1. The van der Waals surface area contributed by atoms with Gasteiger partial charge in [-0.25, -0.2) is 4.68 Å². The van der Waals surface area contributed by atoms with Crippen molar-refractivity contribution >= 4 is 16.7 Å². The van der Waals surface area contributed by atoms with Crippen LogP contribution in [0.15, 0.2) is 66.7 Å². The van der Waals surface area contributed by atoms with E-state index in [-0.39, 0.29) is 17.4 Å². The van der Waals surface area contributed by atoms with Gasteiger partial charge in [0.15, 0.2) is 5.69 Å². The number of halogens is 2. The van der Waals surface area contributed by atoms with E-state index < -0.39 is 6.61 Å². The molecule has 3 aromatic carbocycles. The third-order valence-corrected chi connectivity index (χ3v) is 5.35. The minimum atomic E-state index is -2.89. The van der Waals surface area contributed by atoms with E-state index in [9.17, 15) is 13.6 Å². The second-order valence-electron chi connectivity index (χ2n) is 7.42. The fourth-order valence-corrected chi connectivity index (χ4v) is 3.62. The van der Waals surface area contributed by atoms with Gasteiger partial charge in [-0.2, -0.15) is 8.78 Å². The molecule has 0 unspecified atom stereocenters. The van der Waals surface area contributed by atoms with E-state index in [0.717, 1.165) is 0 Å². The van der Waals surface area contributed by atoms with E-state index in [1.165, 1.54) is 33.2 Å². The van der Waals surface area contributed by atoms with Crippen molar-refractivity contribution in [3.05, 3.63) is 83.7 Å². The zero-order valence-electron chi connectivity index (χ0n) is 17.7. The van der Waals surface area contributed by atoms with Gasteiger partial charge in [0, 0.05) is 13.6 Å². The molecule has 0 fully saturated rings. The van der Waals surface area contributed by atoms with E-state index in [1.54, 1.807) is 31.0 Å². The summed E-state index contributed by atoms with van der Waals surface area (Å²) in [6, 6.07) is 20.3. The summed E-state index contributed by atoms with van der Waals surface area (Å²) in [6.07, 6.45) is 0.711. The zero-order chi connectivity index (χ0) is 22.7. The maximum absolute atomic E-state index is 13.0. The van der Waals surface area contributed by atoms with Crippen LogP contribution in [0.3, 0.4) is 0 Å². The zero-order valence-corrected chi connectivity index (χ0v) is 17.7. The highest BCUT2D eigenvalue weighted by Gasteiger charge is 2.21. The van der Waals surface area contributed by atoms with Crippen molar-refractivity contribution in [3.8, 4) is 11.4 Å². The summed E-state index contributed by atoms with van der Waals surface area (Å²) in [7, 11) is 1.74. The van der Waals surface area contributed by atoms with Crippen molar-refractivity contribution in [2.45, 2.75) is 20.0 Å². The summed E-state index contributed by atoms with van der Waals surface area (Å²) in [6.45, 7) is -0.615. The molecule has 4 aromatic rings. The predicted octanol–water partition coefficient (Wildman–Crippen LogP) is 4.65. The first kappa shape index (κ1) is 21.4. The highest BCUT2D eigenvalue weighted by molar-refractivity contribution is 5.93. The Kier molecular flexibility index (Phi) is 6.11. The van der Waals surface area contributed by atoms with E-state index in [0.29, 0.717) is 24.3 Å². The van der Waals surface area contributed by atoms with Crippen LogP contribution in [0.5, 0.6) is 5.75 Å². The number of hydrogen-bond acceptors (Lipinski definition) is 4. The van der Waals surface area contributed by atoms with Crippen LogP contribution in [0, 0.1) is 6.92 Å². The average molecular weight is 436 g/mol. The molecule has 6 nitrogen and oxygen atoms in total. The molecule has 164 valence electrons. The quantitative estimate of drug-likeness (QED) is 0.423. The summed E-state index contributed by atoms with van der Waals surface area (Å²) >= 11 is 0. The van der Waals surface area contributed by atoms with Crippen molar-refractivity contribution in [1.29, 1.82) is 0 Å². The van der Waals surface area contributed by atoms with Gasteiger partial charge in [-0.3, -0.25) is 4.79 Å². The van der Waals surface area contributed by atoms with Crippen molar-refractivity contribution in [2.24, 2.45) is 0 Å². The van der Waals surface area contributed by atoms with Gasteiger partial charge in [-0.15, -0.1) is 5.10 Å². The molecule has 1 heterocycles. The predicted molar refractivity (Wildman–Crippen MR) is 117 cm³/mol. The first-order valence-corrected chi connectivity index (χ1v) is 10.1. The van der Waals surface area contributed by atoms with Crippen LogP contribution in [-0.4, -0.2) is 46.0 Å². The summed E-state index contributed by atoms with van der Waals surface area (Å²) in [5.41, 5.74) is 2.58. The molecular weight excluding hydrogens is 414 g/mol. The number of hydrogen-bond donors (Lipinski definition) is 0. The summed E-state index contributed by atoms with van der Waals surface area (Å²) in [5.74, 6) is -0.183. The van der Waals surface area contributed by atoms with Crippen molar-refractivity contribution in [1.82, 2.24) is 19.9 Å². The van der Waals surface area contributed by atoms with E-state index >= 15 is 0 Å². The van der Waals surface area contributed by atoms with Crippen molar-refractivity contribution in [2.75, 3.05) is 13.6 Å². The number of carbonyl (C=O) groups is 1. The van der Waals surface area contributed by atoms with Gasteiger partial charge >= 0.3 is 6.61 Å². The molecule has 4 rings (SSSR count). The van der Waals surface area contributed by atoms with E-state index in [4.69, 9.17) is 0 Å². The highest BCUT2D eigenvalue weighted by Crippen LogP contribution is 2.21. The summed E-state index contributed by atoms with van der Waals surface area (Å²) < 4.78 is 30.5. The van der Waals surface area contributed by atoms with Crippen molar-refractivity contribution < 1.29 is 18.3 Å². The van der Waals surface area contributed by atoms with Gasteiger partial charge in [0.2, 0.25) is 0 Å². The number of nitrogens with zero attached hydrogens (tertiary/aromatic N) is 4. The molecule has 0 atom stereocenters. The fraction of sp³-hybridized carbons (Fsp3) is 0.208. The van der Waals surface area contributed by atoms with Crippen LogP contribution in [0.2, 0.25) is 0 Å². The lowest BCUT2D eigenvalue weighted by atomic mass is 10.0. The Bertz CT molecular complexity index is 1230. The van der Waals surface area contributed by atoms with Crippen LogP contribution in [0.1, 0.15) is 21.7 Å². The Morgan fingerprint density at radius 1 is 1.06 bits per heavy atom. The van der Waals surface area contributed by atoms with Crippen LogP contribution in [-0.2, 0) is 6.42 Å². The summed E-state index contributed by atoms with van der Waals surface area (Å²) in [5, 5.41) is 10.5. The van der Waals surface area contributed by atoms with Gasteiger partial charge < -0.3 is 9.64 Å². The first-order chi connectivity index (χ1) is 15.4. The Balaban J connectivity index is 1.47. The largest absolute Gasteiger partial charge is 0.435 e. The molecule has 0 aliphatic carbocycles. The molecule has 1 amide bonds. The molecule has 0 aliphatic heterocycles.